The summed E-state index contributed by atoms with van der Waals surface area (Å²) in [6.45, 7) is 5.87. The van der Waals surface area contributed by atoms with E-state index in [2.05, 4.69) is 16.4 Å². The maximum absolute atomic E-state index is 12.2. The van der Waals surface area contributed by atoms with Crippen molar-refractivity contribution in [2.75, 3.05) is 13.6 Å². The van der Waals surface area contributed by atoms with E-state index in [1.165, 1.54) is 15.8 Å². The van der Waals surface area contributed by atoms with Gasteiger partial charge in [0.05, 0.1) is 6.54 Å². The van der Waals surface area contributed by atoms with Crippen LogP contribution in [0.1, 0.15) is 39.2 Å². The molecule has 0 spiro atoms. The number of amides is 2. The van der Waals surface area contributed by atoms with Crippen LogP contribution in [0.4, 0.5) is 0 Å². The highest BCUT2D eigenvalue weighted by molar-refractivity contribution is 5.85. The third-order valence-corrected chi connectivity index (χ3v) is 3.83. The second-order valence-electron chi connectivity index (χ2n) is 7.26. The molecule has 2 aromatic rings. The summed E-state index contributed by atoms with van der Waals surface area (Å²) < 4.78 is 0. The molecule has 0 fully saturated rings. The number of hydrogen-bond donors (Lipinski definition) is 2. The Balaban J connectivity index is 1.79. The first-order valence-electron chi connectivity index (χ1n) is 8.36. The Kier molecular flexibility index (Phi) is 5.65. The average molecular weight is 329 g/mol. The number of carbonyl (C=O) groups excluding carboxylic acids is 2. The van der Waals surface area contributed by atoms with Gasteiger partial charge in [-0.1, -0.05) is 18.2 Å². The summed E-state index contributed by atoms with van der Waals surface area (Å²) in [7, 11) is 1.68. The predicted molar refractivity (Wildman–Crippen MR) is 96.8 cm³/mol. The molecule has 0 saturated heterocycles. The van der Waals surface area contributed by atoms with E-state index >= 15 is 0 Å². The first kappa shape index (κ1) is 18.0. The van der Waals surface area contributed by atoms with E-state index in [4.69, 9.17) is 0 Å². The predicted octanol–water partition coefficient (Wildman–Crippen LogP) is 2.86. The summed E-state index contributed by atoms with van der Waals surface area (Å²) in [5, 5.41) is 4.08. The van der Waals surface area contributed by atoms with Gasteiger partial charge in [0.1, 0.15) is 0 Å². The fourth-order valence-corrected chi connectivity index (χ4v) is 2.72. The Morgan fingerprint density at radius 3 is 2.62 bits per heavy atom. The standard InChI is InChI=1S/C19H27N3O2/c1-19(2,3)21-17(23)13-22(4)18(24)11-7-8-14-12-20-16-10-6-5-9-15(14)16/h5-6,9-10,12,20H,7-8,11,13H2,1-4H3,(H,21,23). The Morgan fingerprint density at radius 1 is 1.21 bits per heavy atom. The van der Waals surface area contributed by atoms with Crippen LogP contribution in [-0.4, -0.2) is 40.8 Å². The number of aromatic nitrogens is 1. The second-order valence-corrected chi connectivity index (χ2v) is 7.26. The number of H-pyrrole nitrogens is 1. The first-order valence-corrected chi connectivity index (χ1v) is 8.36. The summed E-state index contributed by atoms with van der Waals surface area (Å²) in [4.78, 5) is 28.8. The van der Waals surface area contributed by atoms with Crippen LogP contribution in [0, 0.1) is 0 Å². The van der Waals surface area contributed by atoms with E-state index in [0.717, 1.165) is 18.4 Å². The molecule has 0 atom stereocenters. The van der Waals surface area contributed by atoms with E-state index < -0.39 is 0 Å². The molecular weight excluding hydrogens is 302 g/mol. The molecule has 0 unspecified atom stereocenters. The van der Waals surface area contributed by atoms with Gasteiger partial charge in [-0.2, -0.15) is 0 Å². The highest BCUT2D eigenvalue weighted by Crippen LogP contribution is 2.19. The smallest absolute Gasteiger partial charge is 0.240 e. The van der Waals surface area contributed by atoms with Gasteiger partial charge in [0.2, 0.25) is 11.8 Å². The SMILES string of the molecule is CN(CC(=O)NC(C)(C)C)C(=O)CCCc1c[nH]c2ccccc12. The molecule has 2 amide bonds. The fourth-order valence-electron chi connectivity index (χ4n) is 2.72. The van der Waals surface area contributed by atoms with Crippen LogP contribution in [0.3, 0.4) is 0 Å². The zero-order valence-electron chi connectivity index (χ0n) is 15.0. The molecule has 1 aromatic heterocycles. The summed E-state index contributed by atoms with van der Waals surface area (Å²) in [5.74, 6) is -0.131. The molecule has 0 aliphatic heterocycles. The average Bonchev–Trinajstić information content (AvgIpc) is 2.88. The lowest BCUT2D eigenvalue weighted by Gasteiger charge is -2.23. The highest BCUT2D eigenvalue weighted by Gasteiger charge is 2.17. The zero-order chi connectivity index (χ0) is 17.7. The minimum Gasteiger partial charge on any atom is -0.361 e. The molecule has 1 aromatic carbocycles. The lowest BCUT2D eigenvalue weighted by molar-refractivity contribution is -0.135. The summed E-state index contributed by atoms with van der Waals surface area (Å²) in [5.41, 5.74) is 2.07. The Bertz CT molecular complexity index is 713. The number of benzene rings is 1. The molecule has 5 heteroatoms. The van der Waals surface area contributed by atoms with Crippen molar-refractivity contribution in [3.05, 3.63) is 36.0 Å². The third kappa shape index (κ3) is 5.11. The van der Waals surface area contributed by atoms with Crippen molar-refractivity contribution in [1.82, 2.24) is 15.2 Å². The normalized spacial score (nSPS) is 11.5. The molecule has 24 heavy (non-hydrogen) atoms. The summed E-state index contributed by atoms with van der Waals surface area (Å²) >= 11 is 0. The molecule has 1 heterocycles. The molecule has 5 nitrogen and oxygen atoms in total. The number of rotatable bonds is 6. The van der Waals surface area contributed by atoms with Crippen molar-refractivity contribution in [3.63, 3.8) is 0 Å². The lowest BCUT2D eigenvalue weighted by atomic mass is 10.1. The number of aromatic amines is 1. The molecule has 2 N–H and O–H groups in total. The van der Waals surface area contributed by atoms with Crippen molar-refractivity contribution < 1.29 is 9.59 Å². The van der Waals surface area contributed by atoms with E-state index in [1.54, 1.807) is 7.05 Å². The number of carbonyl (C=O) groups is 2. The van der Waals surface area contributed by atoms with E-state index in [0.29, 0.717) is 6.42 Å². The van der Waals surface area contributed by atoms with Gasteiger partial charge in [0, 0.05) is 36.1 Å². The van der Waals surface area contributed by atoms with Gasteiger partial charge in [-0.15, -0.1) is 0 Å². The van der Waals surface area contributed by atoms with Crippen LogP contribution in [0.15, 0.2) is 30.5 Å². The van der Waals surface area contributed by atoms with Crippen LogP contribution in [0.25, 0.3) is 10.9 Å². The van der Waals surface area contributed by atoms with E-state index in [9.17, 15) is 9.59 Å². The highest BCUT2D eigenvalue weighted by atomic mass is 16.2. The minimum atomic E-state index is -0.281. The van der Waals surface area contributed by atoms with Crippen LogP contribution >= 0.6 is 0 Å². The van der Waals surface area contributed by atoms with Gasteiger partial charge in [-0.25, -0.2) is 0 Å². The number of hydrogen-bond acceptors (Lipinski definition) is 2. The van der Waals surface area contributed by atoms with Crippen LogP contribution in [0.2, 0.25) is 0 Å². The minimum absolute atomic E-state index is 0.00102. The van der Waals surface area contributed by atoms with Crippen molar-refractivity contribution >= 4 is 22.7 Å². The first-order chi connectivity index (χ1) is 11.3. The van der Waals surface area contributed by atoms with Crippen molar-refractivity contribution in [2.45, 2.75) is 45.6 Å². The van der Waals surface area contributed by atoms with E-state index in [-0.39, 0.29) is 23.9 Å². The fraction of sp³-hybridized carbons (Fsp3) is 0.474. The van der Waals surface area contributed by atoms with E-state index in [1.807, 2.05) is 45.2 Å². The second kappa shape index (κ2) is 7.51. The van der Waals surface area contributed by atoms with Gasteiger partial charge >= 0.3 is 0 Å². The van der Waals surface area contributed by atoms with Gasteiger partial charge in [0.25, 0.3) is 0 Å². The maximum Gasteiger partial charge on any atom is 0.240 e. The van der Waals surface area contributed by atoms with Gasteiger partial charge in [-0.05, 0) is 45.2 Å². The number of nitrogens with one attached hydrogen (secondary N) is 2. The van der Waals surface area contributed by atoms with Gasteiger partial charge in [-0.3, -0.25) is 9.59 Å². The van der Waals surface area contributed by atoms with Gasteiger partial charge in [0.15, 0.2) is 0 Å². The Morgan fingerprint density at radius 2 is 1.92 bits per heavy atom. The summed E-state index contributed by atoms with van der Waals surface area (Å²) in [6, 6.07) is 8.16. The maximum atomic E-state index is 12.2. The number of para-hydroxylation sites is 1. The molecule has 0 radical (unpaired) electrons. The van der Waals surface area contributed by atoms with Crippen LogP contribution in [-0.2, 0) is 16.0 Å². The zero-order valence-corrected chi connectivity index (χ0v) is 15.0. The number of fused-ring (bicyclic) bond motifs is 1. The number of nitrogens with zero attached hydrogens (tertiary/aromatic N) is 1. The molecule has 0 aliphatic rings. The molecule has 130 valence electrons. The largest absolute Gasteiger partial charge is 0.361 e. The third-order valence-electron chi connectivity index (χ3n) is 3.83. The van der Waals surface area contributed by atoms with Crippen molar-refractivity contribution in [3.8, 4) is 0 Å². The Hall–Kier alpha value is -2.30. The number of aryl methyl sites for hydroxylation is 1. The molecule has 0 saturated carbocycles. The van der Waals surface area contributed by atoms with Crippen molar-refractivity contribution in [2.24, 2.45) is 0 Å². The topological polar surface area (TPSA) is 65.2 Å². The summed E-state index contributed by atoms with van der Waals surface area (Å²) in [6.07, 6.45) is 4.07. The molecular formula is C19H27N3O2. The van der Waals surface area contributed by atoms with Gasteiger partial charge < -0.3 is 15.2 Å². The lowest BCUT2D eigenvalue weighted by Crippen LogP contribution is -2.46. The number of likely N-dealkylation sites (N-methyl/N-ethyl adjacent to an activating group) is 1. The van der Waals surface area contributed by atoms with Crippen LogP contribution in [0.5, 0.6) is 0 Å². The van der Waals surface area contributed by atoms with Crippen molar-refractivity contribution in [1.29, 1.82) is 0 Å². The Labute approximate surface area is 143 Å². The molecule has 0 bridgehead atoms. The van der Waals surface area contributed by atoms with Crippen LogP contribution < -0.4 is 5.32 Å². The molecule has 2 rings (SSSR count). The monoisotopic (exact) mass is 329 g/mol. The molecule has 0 aliphatic carbocycles. The quantitative estimate of drug-likeness (QED) is 0.856.